The third-order valence-electron chi connectivity index (χ3n) is 5.30. The molecule has 2 unspecified atom stereocenters. The first-order chi connectivity index (χ1) is 13.8. The molecule has 7 heteroatoms. The molecule has 2 aromatic rings. The SMILES string of the molecule is COc1ccc(C(=O)C2C(=O)C(=O)N(CCC[NH+](C)C)C2c2cccs2)c(C)c1. The number of quaternary nitrogens is 1. The van der Waals surface area contributed by atoms with E-state index in [0.29, 0.717) is 17.9 Å². The van der Waals surface area contributed by atoms with Gasteiger partial charge in [-0.3, -0.25) is 14.4 Å². The van der Waals surface area contributed by atoms with Crippen molar-refractivity contribution in [2.45, 2.75) is 19.4 Å². The molecule has 2 atom stereocenters. The highest BCUT2D eigenvalue weighted by Crippen LogP contribution is 2.40. The summed E-state index contributed by atoms with van der Waals surface area (Å²) in [5, 5.41) is 1.91. The summed E-state index contributed by atoms with van der Waals surface area (Å²) in [4.78, 5) is 42.9. The highest BCUT2D eigenvalue weighted by Gasteiger charge is 2.52. The van der Waals surface area contributed by atoms with E-state index in [0.717, 1.165) is 23.4 Å². The minimum Gasteiger partial charge on any atom is -0.497 e. The molecule has 154 valence electrons. The third-order valence-corrected chi connectivity index (χ3v) is 6.24. The van der Waals surface area contributed by atoms with Crippen LogP contribution in [0.5, 0.6) is 5.75 Å². The fourth-order valence-electron chi connectivity index (χ4n) is 3.81. The highest BCUT2D eigenvalue weighted by atomic mass is 32.1. The number of amides is 1. The van der Waals surface area contributed by atoms with Crippen molar-refractivity contribution in [3.63, 3.8) is 0 Å². The maximum atomic E-state index is 13.4. The number of ether oxygens (including phenoxy) is 1. The molecule has 2 heterocycles. The average Bonchev–Trinajstić information content (AvgIpc) is 3.29. The van der Waals surface area contributed by atoms with Gasteiger partial charge in [-0.1, -0.05) is 6.07 Å². The Morgan fingerprint density at radius 1 is 1.24 bits per heavy atom. The maximum Gasteiger partial charge on any atom is 0.291 e. The molecule has 1 aromatic carbocycles. The first kappa shape index (κ1) is 21.2. The van der Waals surface area contributed by atoms with Crippen LogP contribution in [0.25, 0.3) is 0 Å². The normalized spacial score (nSPS) is 19.3. The molecule has 6 nitrogen and oxygen atoms in total. The number of nitrogens with zero attached hydrogens (tertiary/aromatic N) is 1. The average molecular weight is 416 g/mol. The van der Waals surface area contributed by atoms with Crippen LogP contribution in [0.3, 0.4) is 0 Å². The monoisotopic (exact) mass is 415 g/mol. The second kappa shape index (κ2) is 8.88. The van der Waals surface area contributed by atoms with Crippen molar-refractivity contribution in [3.8, 4) is 5.75 Å². The molecule has 1 saturated heterocycles. The van der Waals surface area contributed by atoms with E-state index in [4.69, 9.17) is 4.74 Å². The number of carbonyl (C=O) groups excluding carboxylic acids is 3. The van der Waals surface area contributed by atoms with E-state index in [1.165, 1.54) is 16.2 Å². The Balaban J connectivity index is 1.96. The summed E-state index contributed by atoms with van der Waals surface area (Å²) in [5.41, 5.74) is 1.19. The zero-order valence-electron chi connectivity index (χ0n) is 17.2. The second-order valence-electron chi connectivity index (χ2n) is 7.66. The third kappa shape index (κ3) is 4.26. The van der Waals surface area contributed by atoms with Crippen LogP contribution in [0.1, 0.15) is 33.3 Å². The summed E-state index contributed by atoms with van der Waals surface area (Å²) in [7, 11) is 5.66. The van der Waals surface area contributed by atoms with Crippen LogP contribution in [0.15, 0.2) is 35.7 Å². The standard InChI is InChI=1S/C22H26N2O4S/c1-14-13-15(28-4)8-9-16(14)20(25)18-19(17-7-5-12-29-17)24(22(27)21(18)26)11-6-10-23(2)3/h5,7-9,12-13,18-19H,6,10-11H2,1-4H3/p+1. The van der Waals surface area contributed by atoms with E-state index in [-0.39, 0.29) is 5.78 Å². The lowest BCUT2D eigenvalue weighted by molar-refractivity contribution is -0.858. The molecule has 1 aliphatic rings. The molecular weight excluding hydrogens is 388 g/mol. The quantitative estimate of drug-likeness (QED) is 0.404. The molecule has 1 fully saturated rings. The lowest BCUT2D eigenvalue weighted by Crippen LogP contribution is -3.05. The first-order valence-corrected chi connectivity index (χ1v) is 10.6. The summed E-state index contributed by atoms with van der Waals surface area (Å²) in [6.45, 7) is 3.16. The number of benzene rings is 1. The van der Waals surface area contributed by atoms with Crippen molar-refractivity contribution in [2.24, 2.45) is 5.92 Å². The topological polar surface area (TPSA) is 68.1 Å². The number of hydrogen-bond donors (Lipinski definition) is 1. The van der Waals surface area contributed by atoms with E-state index < -0.39 is 23.7 Å². The van der Waals surface area contributed by atoms with E-state index in [9.17, 15) is 14.4 Å². The first-order valence-electron chi connectivity index (χ1n) is 9.71. The Labute approximate surface area is 175 Å². The molecule has 1 aliphatic heterocycles. The smallest absolute Gasteiger partial charge is 0.291 e. The van der Waals surface area contributed by atoms with Gasteiger partial charge in [0.2, 0.25) is 5.78 Å². The van der Waals surface area contributed by atoms with Gasteiger partial charge < -0.3 is 14.5 Å². The number of methoxy groups -OCH3 is 1. The zero-order valence-corrected chi connectivity index (χ0v) is 18.0. The van der Waals surface area contributed by atoms with E-state index in [2.05, 4.69) is 0 Å². The number of thiophene rings is 1. The molecule has 1 N–H and O–H groups in total. The fraction of sp³-hybridized carbons (Fsp3) is 0.409. The van der Waals surface area contributed by atoms with Crippen molar-refractivity contribution in [3.05, 3.63) is 51.7 Å². The fourth-order valence-corrected chi connectivity index (χ4v) is 4.69. The summed E-state index contributed by atoms with van der Waals surface area (Å²) in [6.07, 6.45) is 0.770. The summed E-state index contributed by atoms with van der Waals surface area (Å²) in [6, 6.07) is 8.40. The minimum atomic E-state index is -1.01. The van der Waals surface area contributed by atoms with E-state index in [1.54, 1.807) is 30.2 Å². The van der Waals surface area contributed by atoms with Crippen molar-refractivity contribution in [1.82, 2.24) is 4.90 Å². The van der Waals surface area contributed by atoms with Crippen LogP contribution in [0.4, 0.5) is 0 Å². The van der Waals surface area contributed by atoms with Gasteiger partial charge in [0.25, 0.3) is 5.91 Å². The molecule has 0 radical (unpaired) electrons. The summed E-state index contributed by atoms with van der Waals surface area (Å²) in [5.74, 6) is -1.83. The van der Waals surface area contributed by atoms with Gasteiger partial charge >= 0.3 is 0 Å². The van der Waals surface area contributed by atoms with Crippen LogP contribution in [-0.2, 0) is 9.59 Å². The van der Waals surface area contributed by atoms with Gasteiger partial charge in [0.15, 0.2) is 5.78 Å². The Hall–Kier alpha value is -2.51. The molecule has 0 spiro atoms. The second-order valence-corrected chi connectivity index (χ2v) is 8.64. The van der Waals surface area contributed by atoms with Crippen molar-refractivity contribution < 1.29 is 24.0 Å². The molecule has 1 amide bonds. The Morgan fingerprint density at radius 2 is 2.00 bits per heavy atom. The predicted molar refractivity (Wildman–Crippen MR) is 112 cm³/mol. The van der Waals surface area contributed by atoms with Crippen LogP contribution >= 0.6 is 11.3 Å². The minimum absolute atomic E-state index is 0.303. The number of aryl methyl sites for hydroxylation is 1. The number of carbonyl (C=O) groups is 3. The molecule has 0 aliphatic carbocycles. The van der Waals surface area contributed by atoms with Gasteiger partial charge in [0.05, 0.1) is 33.8 Å². The van der Waals surface area contributed by atoms with Crippen LogP contribution in [-0.4, -0.2) is 56.7 Å². The van der Waals surface area contributed by atoms with Crippen molar-refractivity contribution in [2.75, 3.05) is 34.3 Å². The van der Waals surface area contributed by atoms with Crippen LogP contribution in [0.2, 0.25) is 0 Å². The molecule has 1 aromatic heterocycles. The predicted octanol–water partition coefficient (Wildman–Crippen LogP) is 1.55. The van der Waals surface area contributed by atoms with E-state index in [1.807, 2.05) is 38.5 Å². The van der Waals surface area contributed by atoms with Gasteiger partial charge in [0.1, 0.15) is 11.7 Å². The number of likely N-dealkylation sites (tertiary alicyclic amines) is 1. The molecule has 0 bridgehead atoms. The maximum absolute atomic E-state index is 13.4. The van der Waals surface area contributed by atoms with Crippen LogP contribution in [0, 0.1) is 12.8 Å². The van der Waals surface area contributed by atoms with Gasteiger partial charge in [-0.25, -0.2) is 0 Å². The van der Waals surface area contributed by atoms with Gasteiger partial charge in [0, 0.05) is 23.4 Å². The number of nitrogens with one attached hydrogen (secondary N) is 1. The number of Topliss-reactive ketones (excluding diaryl/α,β-unsaturated/α-hetero) is 2. The summed E-state index contributed by atoms with van der Waals surface area (Å²) < 4.78 is 5.21. The molecule has 3 rings (SSSR count). The van der Waals surface area contributed by atoms with Crippen LogP contribution < -0.4 is 9.64 Å². The lowest BCUT2D eigenvalue weighted by Gasteiger charge is -2.26. The highest BCUT2D eigenvalue weighted by molar-refractivity contribution is 7.10. The molecule has 29 heavy (non-hydrogen) atoms. The van der Waals surface area contributed by atoms with Gasteiger partial charge in [-0.05, 0) is 42.1 Å². The zero-order chi connectivity index (χ0) is 21.1. The lowest BCUT2D eigenvalue weighted by atomic mass is 9.87. The Morgan fingerprint density at radius 3 is 2.59 bits per heavy atom. The van der Waals surface area contributed by atoms with E-state index >= 15 is 0 Å². The van der Waals surface area contributed by atoms with Gasteiger partial charge in [-0.2, -0.15) is 0 Å². The van der Waals surface area contributed by atoms with Gasteiger partial charge in [-0.15, -0.1) is 11.3 Å². The Kier molecular flexibility index (Phi) is 6.49. The number of ketones is 2. The number of rotatable bonds is 8. The number of hydrogen-bond acceptors (Lipinski definition) is 5. The van der Waals surface area contributed by atoms with Crippen molar-refractivity contribution >= 4 is 28.8 Å². The molecular formula is C22H27N2O4S+. The van der Waals surface area contributed by atoms with Crippen molar-refractivity contribution in [1.29, 1.82) is 0 Å². The Bertz CT molecular complexity index is 908. The molecule has 0 saturated carbocycles. The largest absolute Gasteiger partial charge is 0.497 e. The summed E-state index contributed by atoms with van der Waals surface area (Å²) >= 11 is 1.47.